The molecule has 12 heteroatoms. The number of methoxy groups -OCH3 is 2. The second-order valence-corrected chi connectivity index (χ2v) is 10.9. The molecule has 1 aromatic heterocycles. The van der Waals surface area contributed by atoms with E-state index < -0.39 is 0 Å². The van der Waals surface area contributed by atoms with Crippen LogP contribution in [0, 0.1) is 0 Å². The van der Waals surface area contributed by atoms with E-state index in [1.165, 1.54) is 4.90 Å². The van der Waals surface area contributed by atoms with E-state index in [0.29, 0.717) is 65.5 Å². The van der Waals surface area contributed by atoms with Gasteiger partial charge >= 0.3 is 0 Å². The van der Waals surface area contributed by atoms with Crippen LogP contribution in [-0.2, 0) is 11.3 Å². The van der Waals surface area contributed by atoms with Gasteiger partial charge in [0, 0.05) is 44.4 Å². The number of nitrogens with zero attached hydrogens (tertiary/aromatic N) is 5. The van der Waals surface area contributed by atoms with Gasteiger partial charge in [0.15, 0.2) is 17.3 Å². The lowest BCUT2D eigenvalue weighted by Crippen LogP contribution is -2.52. The lowest BCUT2D eigenvalue weighted by Gasteiger charge is -2.36. The molecule has 232 valence electrons. The minimum atomic E-state index is -0.325. The van der Waals surface area contributed by atoms with Crippen LogP contribution in [0.2, 0.25) is 5.02 Å². The number of hydrogen-bond acceptors (Lipinski definition) is 9. The van der Waals surface area contributed by atoms with Gasteiger partial charge in [-0.05, 0) is 54.1 Å². The van der Waals surface area contributed by atoms with Gasteiger partial charge in [-0.25, -0.2) is 0 Å². The van der Waals surface area contributed by atoms with Gasteiger partial charge in [-0.15, -0.1) is 10.2 Å². The maximum absolute atomic E-state index is 13.6. The quantitative estimate of drug-likeness (QED) is 0.264. The first-order valence-corrected chi connectivity index (χ1v) is 14.8. The minimum Gasteiger partial charge on any atom is -0.497 e. The van der Waals surface area contributed by atoms with Crippen molar-refractivity contribution in [2.24, 2.45) is 0 Å². The molecule has 0 saturated carbocycles. The molecule has 0 atom stereocenters. The summed E-state index contributed by atoms with van der Waals surface area (Å²) in [5.41, 5.74) is 2.64. The fourth-order valence-electron chi connectivity index (χ4n) is 5.36. The molecule has 4 aromatic rings. The SMILES string of the molecule is COc1ccc(-c2ccc(N3CCN(C(=O)CN(Cc4ccc5c(c4)OCO5)C(=O)c4ccccc4Cl)CC3)nn2)c(OC)c1. The average Bonchev–Trinajstić information content (AvgIpc) is 3.56. The monoisotopic (exact) mass is 629 g/mol. The van der Waals surface area contributed by atoms with E-state index >= 15 is 0 Å². The van der Waals surface area contributed by atoms with Crippen molar-refractivity contribution in [1.82, 2.24) is 20.0 Å². The van der Waals surface area contributed by atoms with E-state index in [9.17, 15) is 9.59 Å². The lowest BCUT2D eigenvalue weighted by molar-refractivity contribution is -0.132. The Balaban J connectivity index is 1.11. The summed E-state index contributed by atoms with van der Waals surface area (Å²) in [4.78, 5) is 32.6. The first-order chi connectivity index (χ1) is 21.9. The summed E-state index contributed by atoms with van der Waals surface area (Å²) < 4.78 is 21.7. The van der Waals surface area contributed by atoms with E-state index in [4.69, 9.17) is 30.5 Å². The van der Waals surface area contributed by atoms with E-state index in [1.807, 2.05) is 36.4 Å². The molecule has 0 aliphatic carbocycles. The van der Waals surface area contributed by atoms with Crippen molar-refractivity contribution in [1.29, 1.82) is 0 Å². The van der Waals surface area contributed by atoms with Gasteiger partial charge in [0.25, 0.3) is 5.91 Å². The first-order valence-electron chi connectivity index (χ1n) is 14.4. The molecule has 0 bridgehead atoms. The van der Waals surface area contributed by atoms with Crippen molar-refractivity contribution in [3.8, 4) is 34.3 Å². The number of rotatable bonds is 9. The zero-order valence-corrected chi connectivity index (χ0v) is 25.7. The molecule has 1 fully saturated rings. The lowest BCUT2D eigenvalue weighted by atomic mass is 10.1. The predicted molar refractivity (Wildman–Crippen MR) is 168 cm³/mol. The molecule has 11 nitrogen and oxygen atoms in total. The number of aromatic nitrogens is 2. The second kappa shape index (κ2) is 13.3. The number of hydrogen-bond donors (Lipinski definition) is 0. The van der Waals surface area contributed by atoms with Gasteiger partial charge in [0.1, 0.15) is 18.0 Å². The number of fused-ring (bicyclic) bond motifs is 1. The molecule has 0 N–H and O–H groups in total. The molecule has 3 heterocycles. The van der Waals surface area contributed by atoms with Crippen LogP contribution in [0.5, 0.6) is 23.0 Å². The van der Waals surface area contributed by atoms with E-state index in [1.54, 1.807) is 55.5 Å². The average molecular weight is 630 g/mol. The zero-order valence-electron chi connectivity index (χ0n) is 24.9. The van der Waals surface area contributed by atoms with Crippen molar-refractivity contribution >= 4 is 29.2 Å². The van der Waals surface area contributed by atoms with Gasteiger partial charge in [-0.1, -0.05) is 29.8 Å². The standard InChI is InChI=1S/C33H32ClN5O6/c1-42-23-8-9-25(29(18-23)43-2)27-10-12-31(36-35-27)37-13-15-38(16-14-37)32(40)20-39(33(41)24-5-3-4-6-26(24)34)19-22-7-11-28-30(17-22)45-21-44-28/h3-12,17-18H,13-16,19-21H2,1-2H3. The maximum atomic E-state index is 13.6. The number of carbonyl (C=O) groups is 2. The smallest absolute Gasteiger partial charge is 0.256 e. The van der Waals surface area contributed by atoms with Crippen molar-refractivity contribution < 1.29 is 28.5 Å². The van der Waals surface area contributed by atoms with Crippen molar-refractivity contribution in [2.45, 2.75) is 6.54 Å². The highest BCUT2D eigenvalue weighted by Crippen LogP contribution is 2.34. The Kier molecular flexibility index (Phi) is 8.88. The summed E-state index contributed by atoms with van der Waals surface area (Å²) in [6.07, 6.45) is 0. The molecule has 0 unspecified atom stereocenters. The maximum Gasteiger partial charge on any atom is 0.256 e. The molecule has 2 aliphatic rings. The topological polar surface area (TPSA) is 107 Å². The number of benzene rings is 3. The van der Waals surface area contributed by atoms with Gasteiger partial charge < -0.3 is 33.6 Å². The Morgan fingerprint density at radius 3 is 2.42 bits per heavy atom. The van der Waals surface area contributed by atoms with Crippen LogP contribution in [0.25, 0.3) is 11.3 Å². The molecule has 0 radical (unpaired) electrons. The molecule has 1 saturated heterocycles. The molecule has 2 amide bonds. The van der Waals surface area contributed by atoms with E-state index in [2.05, 4.69) is 15.1 Å². The third-order valence-corrected chi connectivity index (χ3v) is 8.15. The zero-order chi connectivity index (χ0) is 31.3. The van der Waals surface area contributed by atoms with Crippen LogP contribution in [0.4, 0.5) is 5.82 Å². The number of anilines is 1. The number of ether oxygens (including phenoxy) is 4. The Labute approximate surface area is 265 Å². The van der Waals surface area contributed by atoms with Crippen LogP contribution in [0.3, 0.4) is 0 Å². The van der Waals surface area contributed by atoms with Crippen molar-refractivity contribution in [3.05, 3.63) is 88.9 Å². The van der Waals surface area contributed by atoms with Crippen LogP contribution >= 0.6 is 11.6 Å². The Morgan fingerprint density at radius 1 is 0.889 bits per heavy atom. The summed E-state index contributed by atoms with van der Waals surface area (Å²) in [7, 11) is 3.21. The first kappa shape index (κ1) is 30.0. The Morgan fingerprint density at radius 2 is 1.69 bits per heavy atom. The van der Waals surface area contributed by atoms with Gasteiger partial charge in [-0.3, -0.25) is 9.59 Å². The highest BCUT2D eigenvalue weighted by atomic mass is 35.5. The molecule has 2 aliphatic heterocycles. The summed E-state index contributed by atoms with van der Waals surface area (Å²) in [6.45, 7) is 2.36. The highest BCUT2D eigenvalue weighted by Gasteiger charge is 2.27. The molecular formula is C33H32ClN5O6. The van der Waals surface area contributed by atoms with Gasteiger partial charge in [-0.2, -0.15) is 0 Å². The molecule has 6 rings (SSSR count). The van der Waals surface area contributed by atoms with E-state index in [-0.39, 0.29) is 31.7 Å². The second-order valence-electron chi connectivity index (χ2n) is 10.5. The van der Waals surface area contributed by atoms with Crippen LogP contribution in [0.15, 0.2) is 72.8 Å². The normalized spacial score (nSPS) is 13.8. The van der Waals surface area contributed by atoms with Crippen molar-refractivity contribution in [3.63, 3.8) is 0 Å². The van der Waals surface area contributed by atoms with Crippen LogP contribution < -0.4 is 23.8 Å². The van der Waals surface area contributed by atoms with Gasteiger partial charge in [0.2, 0.25) is 12.7 Å². The number of carbonyl (C=O) groups excluding carboxylic acids is 2. The number of halogens is 1. The Hall–Kier alpha value is -5.03. The highest BCUT2D eigenvalue weighted by molar-refractivity contribution is 6.33. The molecule has 0 spiro atoms. The molecular weight excluding hydrogens is 598 g/mol. The van der Waals surface area contributed by atoms with Crippen LogP contribution in [0.1, 0.15) is 15.9 Å². The summed E-state index contributed by atoms with van der Waals surface area (Å²) in [6, 6.07) is 21.7. The van der Waals surface area contributed by atoms with Crippen molar-refractivity contribution in [2.75, 3.05) is 58.6 Å². The third kappa shape index (κ3) is 6.58. The molecule has 3 aromatic carbocycles. The largest absolute Gasteiger partial charge is 0.497 e. The number of amides is 2. The van der Waals surface area contributed by atoms with Gasteiger partial charge in [0.05, 0.1) is 30.5 Å². The third-order valence-electron chi connectivity index (χ3n) is 7.82. The minimum absolute atomic E-state index is 0.101. The predicted octanol–water partition coefficient (Wildman–Crippen LogP) is 4.53. The summed E-state index contributed by atoms with van der Waals surface area (Å²) in [5, 5.41) is 9.22. The van der Waals surface area contributed by atoms with Crippen LogP contribution in [-0.4, -0.2) is 85.5 Å². The molecule has 45 heavy (non-hydrogen) atoms. The fourth-order valence-corrected chi connectivity index (χ4v) is 5.58. The Bertz CT molecular complexity index is 1690. The summed E-state index contributed by atoms with van der Waals surface area (Å²) in [5.74, 6) is 2.84. The summed E-state index contributed by atoms with van der Waals surface area (Å²) >= 11 is 6.37. The van der Waals surface area contributed by atoms with E-state index in [0.717, 1.165) is 16.9 Å². The fraction of sp³-hybridized carbons (Fsp3) is 0.273. The number of piperazine rings is 1.